The lowest BCUT2D eigenvalue weighted by Gasteiger charge is -2.51. The second kappa shape index (κ2) is 4.94. The lowest BCUT2D eigenvalue weighted by molar-refractivity contribution is -0.132. The van der Waals surface area contributed by atoms with Gasteiger partial charge in [0.15, 0.2) is 0 Å². The summed E-state index contributed by atoms with van der Waals surface area (Å²) >= 11 is 0. The number of nitrogens with one attached hydrogen (secondary N) is 2. The molecule has 0 aromatic rings. The van der Waals surface area contributed by atoms with E-state index in [1.54, 1.807) is 7.11 Å². The molecule has 0 spiro atoms. The molecule has 1 rings (SSSR count). The van der Waals surface area contributed by atoms with Crippen molar-refractivity contribution in [1.29, 1.82) is 0 Å². The van der Waals surface area contributed by atoms with E-state index in [4.69, 9.17) is 4.74 Å². The van der Waals surface area contributed by atoms with E-state index in [-0.39, 0.29) is 23.5 Å². The number of ether oxygens (including phenoxy) is 1. The van der Waals surface area contributed by atoms with Crippen molar-refractivity contribution in [2.45, 2.75) is 38.8 Å². The summed E-state index contributed by atoms with van der Waals surface area (Å²) in [5, 5.41) is 6.01. The Labute approximate surface area is 91.8 Å². The number of methoxy groups -OCH3 is 1. The first kappa shape index (κ1) is 12.5. The standard InChI is InChI=1S/C11H22N2O2/c1-11(2)8(7-9(11)15-4)13-10(14)5-6-12-3/h8-9,12H,5-7H2,1-4H3,(H,13,14). The fourth-order valence-corrected chi connectivity index (χ4v) is 2.04. The highest BCUT2D eigenvalue weighted by Crippen LogP contribution is 2.42. The zero-order valence-electron chi connectivity index (χ0n) is 10.1. The molecule has 2 N–H and O–H groups in total. The first-order valence-electron chi connectivity index (χ1n) is 5.49. The van der Waals surface area contributed by atoms with E-state index in [1.807, 2.05) is 7.05 Å². The van der Waals surface area contributed by atoms with Gasteiger partial charge in [-0.15, -0.1) is 0 Å². The maximum Gasteiger partial charge on any atom is 0.221 e. The molecule has 0 aliphatic heterocycles. The zero-order valence-corrected chi connectivity index (χ0v) is 10.1. The number of carbonyl (C=O) groups is 1. The SMILES string of the molecule is CNCCC(=O)NC1CC(OC)C1(C)C. The first-order valence-corrected chi connectivity index (χ1v) is 5.49. The number of rotatable bonds is 5. The molecule has 1 aliphatic carbocycles. The summed E-state index contributed by atoms with van der Waals surface area (Å²) in [4.78, 5) is 11.5. The van der Waals surface area contributed by atoms with Gasteiger partial charge in [-0.05, 0) is 13.5 Å². The van der Waals surface area contributed by atoms with E-state index < -0.39 is 0 Å². The van der Waals surface area contributed by atoms with E-state index in [9.17, 15) is 4.79 Å². The molecule has 0 aromatic heterocycles. The van der Waals surface area contributed by atoms with Crippen molar-refractivity contribution < 1.29 is 9.53 Å². The van der Waals surface area contributed by atoms with Crippen LogP contribution in [0, 0.1) is 5.41 Å². The van der Waals surface area contributed by atoms with Gasteiger partial charge in [0.2, 0.25) is 5.91 Å². The smallest absolute Gasteiger partial charge is 0.221 e. The molecule has 0 saturated heterocycles. The van der Waals surface area contributed by atoms with Crippen LogP contribution in [0.1, 0.15) is 26.7 Å². The van der Waals surface area contributed by atoms with Gasteiger partial charge in [0.1, 0.15) is 0 Å². The van der Waals surface area contributed by atoms with Gasteiger partial charge in [-0.1, -0.05) is 13.8 Å². The third-order valence-electron chi connectivity index (χ3n) is 3.40. The Morgan fingerprint density at radius 1 is 1.53 bits per heavy atom. The van der Waals surface area contributed by atoms with Gasteiger partial charge < -0.3 is 15.4 Å². The van der Waals surface area contributed by atoms with E-state index >= 15 is 0 Å². The number of hydrogen-bond acceptors (Lipinski definition) is 3. The molecule has 1 amide bonds. The minimum Gasteiger partial charge on any atom is -0.381 e. The summed E-state index contributed by atoms with van der Waals surface area (Å²) in [5.74, 6) is 0.122. The Kier molecular flexibility index (Phi) is 4.11. The molecule has 0 radical (unpaired) electrons. The molecule has 2 unspecified atom stereocenters. The van der Waals surface area contributed by atoms with Crippen molar-refractivity contribution in [3.63, 3.8) is 0 Å². The van der Waals surface area contributed by atoms with Gasteiger partial charge in [-0.2, -0.15) is 0 Å². The predicted octanol–water partition coefficient (Wildman–Crippen LogP) is 0.526. The van der Waals surface area contributed by atoms with Crippen LogP contribution in [0.5, 0.6) is 0 Å². The van der Waals surface area contributed by atoms with Gasteiger partial charge >= 0.3 is 0 Å². The summed E-state index contributed by atoms with van der Waals surface area (Å²) in [6.45, 7) is 4.99. The van der Waals surface area contributed by atoms with Crippen LogP contribution in [0.4, 0.5) is 0 Å². The van der Waals surface area contributed by atoms with Crippen molar-refractivity contribution in [3.05, 3.63) is 0 Å². The Balaban J connectivity index is 2.32. The monoisotopic (exact) mass is 214 g/mol. The average molecular weight is 214 g/mol. The first-order chi connectivity index (χ1) is 7.02. The molecule has 1 aliphatic rings. The highest BCUT2D eigenvalue weighted by atomic mass is 16.5. The maximum atomic E-state index is 11.5. The van der Waals surface area contributed by atoms with Crippen LogP contribution in [0.2, 0.25) is 0 Å². The van der Waals surface area contributed by atoms with Crippen LogP contribution >= 0.6 is 0 Å². The third-order valence-corrected chi connectivity index (χ3v) is 3.40. The van der Waals surface area contributed by atoms with E-state index in [0.29, 0.717) is 6.42 Å². The quantitative estimate of drug-likeness (QED) is 0.701. The molecular weight excluding hydrogens is 192 g/mol. The fourth-order valence-electron chi connectivity index (χ4n) is 2.04. The molecule has 88 valence electrons. The Hall–Kier alpha value is -0.610. The molecule has 0 aromatic carbocycles. The van der Waals surface area contributed by atoms with Crippen LogP contribution in [0.25, 0.3) is 0 Å². The maximum absolute atomic E-state index is 11.5. The van der Waals surface area contributed by atoms with Crippen LogP contribution in [-0.2, 0) is 9.53 Å². The summed E-state index contributed by atoms with van der Waals surface area (Å²) in [5.41, 5.74) is 0.0596. The molecule has 1 fully saturated rings. The van der Waals surface area contributed by atoms with Gasteiger partial charge in [-0.25, -0.2) is 0 Å². The Morgan fingerprint density at radius 2 is 2.20 bits per heavy atom. The van der Waals surface area contributed by atoms with E-state index in [0.717, 1.165) is 13.0 Å². The van der Waals surface area contributed by atoms with Crippen LogP contribution in [-0.4, -0.2) is 38.8 Å². The summed E-state index contributed by atoms with van der Waals surface area (Å²) < 4.78 is 5.33. The van der Waals surface area contributed by atoms with Crippen LogP contribution in [0.3, 0.4) is 0 Å². The molecule has 15 heavy (non-hydrogen) atoms. The van der Waals surface area contributed by atoms with Crippen LogP contribution in [0.15, 0.2) is 0 Å². The average Bonchev–Trinajstić information content (AvgIpc) is 2.20. The Bertz CT molecular complexity index is 229. The molecule has 0 bridgehead atoms. The van der Waals surface area contributed by atoms with Gasteiger partial charge in [-0.3, -0.25) is 4.79 Å². The highest BCUT2D eigenvalue weighted by Gasteiger charge is 2.49. The van der Waals surface area contributed by atoms with E-state index in [1.165, 1.54) is 0 Å². The van der Waals surface area contributed by atoms with Gasteiger partial charge in [0.25, 0.3) is 0 Å². The molecule has 0 heterocycles. The zero-order chi connectivity index (χ0) is 11.5. The largest absolute Gasteiger partial charge is 0.381 e. The predicted molar refractivity (Wildman–Crippen MR) is 59.7 cm³/mol. The third kappa shape index (κ3) is 2.69. The second-order valence-corrected chi connectivity index (χ2v) is 4.76. The summed E-state index contributed by atoms with van der Waals surface area (Å²) in [6.07, 6.45) is 1.74. The normalized spacial score (nSPS) is 28.3. The lowest BCUT2D eigenvalue weighted by atomic mass is 9.64. The van der Waals surface area contributed by atoms with Crippen molar-refractivity contribution in [3.8, 4) is 0 Å². The lowest BCUT2D eigenvalue weighted by Crippen LogP contribution is -2.61. The molecule has 4 heteroatoms. The van der Waals surface area contributed by atoms with Crippen molar-refractivity contribution in [2.24, 2.45) is 5.41 Å². The molecule has 1 saturated carbocycles. The molecular formula is C11H22N2O2. The van der Waals surface area contributed by atoms with Gasteiger partial charge in [0, 0.05) is 31.5 Å². The van der Waals surface area contributed by atoms with Crippen LogP contribution < -0.4 is 10.6 Å². The molecule has 4 nitrogen and oxygen atoms in total. The minimum absolute atomic E-state index is 0.0596. The second-order valence-electron chi connectivity index (χ2n) is 4.76. The summed E-state index contributed by atoms with van der Waals surface area (Å²) in [7, 11) is 3.58. The van der Waals surface area contributed by atoms with Crippen molar-refractivity contribution >= 4 is 5.91 Å². The van der Waals surface area contributed by atoms with Crippen molar-refractivity contribution in [2.75, 3.05) is 20.7 Å². The Morgan fingerprint density at radius 3 is 2.67 bits per heavy atom. The number of hydrogen-bond donors (Lipinski definition) is 2. The van der Waals surface area contributed by atoms with Crippen molar-refractivity contribution in [1.82, 2.24) is 10.6 Å². The molecule has 2 atom stereocenters. The highest BCUT2D eigenvalue weighted by molar-refractivity contribution is 5.76. The fraction of sp³-hybridized carbons (Fsp3) is 0.909. The number of amides is 1. The van der Waals surface area contributed by atoms with E-state index in [2.05, 4.69) is 24.5 Å². The number of carbonyl (C=O) groups excluding carboxylic acids is 1. The summed E-state index contributed by atoms with van der Waals surface area (Å²) in [6, 6.07) is 0.256. The minimum atomic E-state index is 0.0596. The van der Waals surface area contributed by atoms with Gasteiger partial charge in [0.05, 0.1) is 6.10 Å². The topological polar surface area (TPSA) is 50.4 Å².